The van der Waals surface area contributed by atoms with Crippen LogP contribution in [0.3, 0.4) is 0 Å². The summed E-state index contributed by atoms with van der Waals surface area (Å²) in [5, 5.41) is 3.35. The van der Waals surface area contributed by atoms with Gasteiger partial charge in [-0.25, -0.2) is 0 Å². The van der Waals surface area contributed by atoms with Crippen LogP contribution in [-0.4, -0.2) is 39.2 Å². The lowest BCUT2D eigenvalue weighted by atomic mass is 9.89. The van der Waals surface area contributed by atoms with Gasteiger partial charge in [0.05, 0.1) is 19.8 Å². The fourth-order valence-corrected chi connectivity index (χ4v) is 3.27. The molecule has 0 amide bonds. The molecule has 0 aromatic heterocycles. The van der Waals surface area contributed by atoms with Crippen molar-refractivity contribution in [3.63, 3.8) is 0 Å². The van der Waals surface area contributed by atoms with Crippen LogP contribution in [0, 0.1) is 6.92 Å². The van der Waals surface area contributed by atoms with Crippen LogP contribution in [0.1, 0.15) is 34.3 Å². The predicted octanol–water partition coefficient (Wildman–Crippen LogP) is 3.35. The SMILES string of the molecule is CCNCC(c1ccc(C)cc1)C1Oc2cc(OC)c(OC)cc2C1=O. The van der Waals surface area contributed by atoms with Crippen molar-refractivity contribution in [2.45, 2.75) is 25.9 Å². The molecule has 2 atom stereocenters. The summed E-state index contributed by atoms with van der Waals surface area (Å²) in [5.74, 6) is 1.53. The Hall–Kier alpha value is -2.53. The van der Waals surface area contributed by atoms with E-state index in [2.05, 4.69) is 36.5 Å². The standard InChI is InChI=1S/C21H25NO4/c1-5-22-12-16(14-8-6-13(2)7-9-14)21-20(23)15-10-18(24-3)19(25-4)11-17(15)26-21/h6-11,16,21-22H,5,12H2,1-4H3. The maximum absolute atomic E-state index is 13.1. The van der Waals surface area contributed by atoms with E-state index in [-0.39, 0.29) is 11.7 Å². The number of methoxy groups -OCH3 is 2. The van der Waals surface area contributed by atoms with Crippen molar-refractivity contribution in [1.29, 1.82) is 0 Å². The van der Waals surface area contributed by atoms with Crippen LogP contribution in [0.2, 0.25) is 0 Å². The minimum atomic E-state index is -0.566. The Morgan fingerprint density at radius 3 is 2.38 bits per heavy atom. The van der Waals surface area contributed by atoms with Gasteiger partial charge in [0.2, 0.25) is 5.78 Å². The lowest BCUT2D eigenvalue weighted by Gasteiger charge is -2.23. The van der Waals surface area contributed by atoms with Gasteiger partial charge in [0.1, 0.15) is 5.75 Å². The molecule has 138 valence electrons. The zero-order chi connectivity index (χ0) is 18.7. The zero-order valence-corrected chi connectivity index (χ0v) is 15.7. The molecule has 0 aliphatic carbocycles. The number of rotatable bonds is 7. The number of fused-ring (bicyclic) bond motifs is 1. The van der Waals surface area contributed by atoms with E-state index in [4.69, 9.17) is 14.2 Å². The number of likely N-dealkylation sites (N-methyl/N-ethyl adjacent to an activating group) is 1. The topological polar surface area (TPSA) is 56.8 Å². The first kappa shape index (κ1) is 18.3. The Morgan fingerprint density at radius 1 is 1.12 bits per heavy atom. The first-order valence-corrected chi connectivity index (χ1v) is 8.83. The fraction of sp³-hybridized carbons (Fsp3) is 0.381. The summed E-state index contributed by atoms with van der Waals surface area (Å²) < 4.78 is 16.7. The van der Waals surface area contributed by atoms with E-state index in [1.54, 1.807) is 26.4 Å². The van der Waals surface area contributed by atoms with E-state index < -0.39 is 6.10 Å². The number of ether oxygens (including phenoxy) is 3. The van der Waals surface area contributed by atoms with E-state index in [0.29, 0.717) is 29.4 Å². The zero-order valence-electron chi connectivity index (χ0n) is 15.7. The normalized spacial score (nSPS) is 16.8. The quantitative estimate of drug-likeness (QED) is 0.825. The highest BCUT2D eigenvalue weighted by Crippen LogP contribution is 2.41. The molecule has 1 aliphatic rings. The second-order valence-electron chi connectivity index (χ2n) is 6.43. The van der Waals surface area contributed by atoms with E-state index in [9.17, 15) is 4.79 Å². The molecule has 26 heavy (non-hydrogen) atoms. The molecule has 2 unspecified atom stereocenters. The van der Waals surface area contributed by atoms with Crippen LogP contribution in [0.25, 0.3) is 0 Å². The smallest absolute Gasteiger partial charge is 0.207 e. The lowest BCUT2D eigenvalue weighted by Crippen LogP contribution is -2.35. The number of ketones is 1. The molecule has 0 spiro atoms. The van der Waals surface area contributed by atoms with Crippen LogP contribution in [0.15, 0.2) is 36.4 Å². The summed E-state index contributed by atoms with van der Waals surface area (Å²) >= 11 is 0. The Labute approximate surface area is 154 Å². The maximum Gasteiger partial charge on any atom is 0.207 e. The summed E-state index contributed by atoms with van der Waals surface area (Å²) in [6.45, 7) is 5.60. The maximum atomic E-state index is 13.1. The third kappa shape index (κ3) is 3.40. The van der Waals surface area contributed by atoms with Gasteiger partial charge >= 0.3 is 0 Å². The molecule has 0 saturated carbocycles. The highest BCUT2D eigenvalue weighted by molar-refractivity contribution is 6.05. The molecule has 0 bridgehead atoms. The molecule has 3 rings (SSSR count). The summed E-state index contributed by atoms with van der Waals surface area (Å²) in [4.78, 5) is 13.1. The number of carbonyl (C=O) groups excluding carboxylic acids is 1. The van der Waals surface area contributed by atoms with E-state index in [1.165, 1.54) is 5.56 Å². The molecule has 1 aliphatic heterocycles. The van der Waals surface area contributed by atoms with E-state index >= 15 is 0 Å². The summed E-state index contributed by atoms with van der Waals surface area (Å²) in [6.07, 6.45) is -0.566. The van der Waals surface area contributed by atoms with Crippen molar-refractivity contribution < 1.29 is 19.0 Å². The minimum absolute atomic E-state index is 0.0237. The Bertz CT molecular complexity index is 785. The third-order valence-electron chi connectivity index (χ3n) is 4.75. The van der Waals surface area contributed by atoms with Gasteiger partial charge in [-0.3, -0.25) is 4.79 Å². The van der Waals surface area contributed by atoms with Crippen molar-refractivity contribution in [2.24, 2.45) is 0 Å². The number of benzene rings is 2. The number of nitrogens with one attached hydrogen (secondary N) is 1. The fourth-order valence-electron chi connectivity index (χ4n) is 3.27. The van der Waals surface area contributed by atoms with Crippen LogP contribution < -0.4 is 19.5 Å². The second kappa shape index (κ2) is 7.79. The molecule has 1 N–H and O–H groups in total. The van der Waals surface area contributed by atoms with Crippen LogP contribution in [0.5, 0.6) is 17.2 Å². The van der Waals surface area contributed by atoms with Crippen LogP contribution in [0.4, 0.5) is 0 Å². The number of Topliss-reactive ketones (excluding diaryl/α,β-unsaturated/α-hetero) is 1. The molecular formula is C21H25NO4. The van der Waals surface area contributed by atoms with Crippen LogP contribution >= 0.6 is 0 Å². The number of carbonyl (C=O) groups is 1. The third-order valence-corrected chi connectivity index (χ3v) is 4.75. The van der Waals surface area contributed by atoms with Gasteiger partial charge in [-0.15, -0.1) is 0 Å². The summed E-state index contributed by atoms with van der Waals surface area (Å²) in [5.41, 5.74) is 2.82. The number of aryl methyl sites for hydroxylation is 1. The van der Waals surface area contributed by atoms with Crippen molar-refractivity contribution in [1.82, 2.24) is 5.32 Å². The predicted molar refractivity (Wildman–Crippen MR) is 101 cm³/mol. The molecule has 0 saturated heterocycles. The van der Waals surface area contributed by atoms with Gasteiger partial charge < -0.3 is 19.5 Å². The Balaban J connectivity index is 1.95. The number of hydrogen-bond donors (Lipinski definition) is 1. The van der Waals surface area contributed by atoms with Gasteiger partial charge in [0.15, 0.2) is 17.6 Å². The van der Waals surface area contributed by atoms with Crippen molar-refractivity contribution in [3.05, 3.63) is 53.1 Å². The van der Waals surface area contributed by atoms with E-state index in [0.717, 1.165) is 12.1 Å². The number of hydrogen-bond acceptors (Lipinski definition) is 5. The van der Waals surface area contributed by atoms with Crippen molar-refractivity contribution >= 4 is 5.78 Å². The van der Waals surface area contributed by atoms with Gasteiger partial charge in [0, 0.05) is 18.5 Å². The molecule has 2 aromatic rings. The molecule has 5 nitrogen and oxygen atoms in total. The van der Waals surface area contributed by atoms with Gasteiger partial charge in [-0.2, -0.15) is 0 Å². The summed E-state index contributed by atoms with van der Waals surface area (Å²) in [6, 6.07) is 11.7. The first-order valence-electron chi connectivity index (χ1n) is 8.83. The highest BCUT2D eigenvalue weighted by atomic mass is 16.5. The summed E-state index contributed by atoms with van der Waals surface area (Å²) in [7, 11) is 3.13. The monoisotopic (exact) mass is 355 g/mol. The Kier molecular flexibility index (Phi) is 5.47. The average Bonchev–Trinajstić information content (AvgIpc) is 2.98. The van der Waals surface area contributed by atoms with Crippen molar-refractivity contribution in [3.8, 4) is 17.2 Å². The largest absolute Gasteiger partial charge is 0.493 e. The first-order chi connectivity index (χ1) is 12.6. The second-order valence-corrected chi connectivity index (χ2v) is 6.43. The molecule has 1 heterocycles. The molecule has 0 fully saturated rings. The van der Waals surface area contributed by atoms with E-state index in [1.807, 2.05) is 6.92 Å². The highest BCUT2D eigenvalue weighted by Gasteiger charge is 2.39. The van der Waals surface area contributed by atoms with Crippen LogP contribution in [-0.2, 0) is 0 Å². The molecule has 5 heteroatoms. The minimum Gasteiger partial charge on any atom is -0.493 e. The Morgan fingerprint density at radius 2 is 1.77 bits per heavy atom. The lowest BCUT2D eigenvalue weighted by molar-refractivity contribution is 0.0817. The average molecular weight is 355 g/mol. The van der Waals surface area contributed by atoms with Crippen molar-refractivity contribution in [2.75, 3.05) is 27.3 Å². The van der Waals surface area contributed by atoms with Gasteiger partial charge in [0.25, 0.3) is 0 Å². The van der Waals surface area contributed by atoms with Gasteiger partial charge in [-0.1, -0.05) is 36.8 Å². The molecular weight excluding hydrogens is 330 g/mol. The molecule has 0 radical (unpaired) electrons. The molecule has 2 aromatic carbocycles. The van der Waals surface area contributed by atoms with Gasteiger partial charge in [-0.05, 0) is 25.1 Å².